The molecule has 0 saturated carbocycles. The summed E-state index contributed by atoms with van der Waals surface area (Å²) < 4.78 is 10.6. The van der Waals surface area contributed by atoms with Gasteiger partial charge in [-0.15, -0.1) is 0 Å². The molecule has 3 N–H and O–H groups in total. The molecule has 1 aliphatic heterocycles. The first-order chi connectivity index (χ1) is 19.8. The molecule has 0 spiro atoms. The Morgan fingerprint density at radius 1 is 0.976 bits per heavy atom. The van der Waals surface area contributed by atoms with Gasteiger partial charge in [0.25, 0.3) is 5.91 Å². The lowest BCUT2D eigenvalue weighted by atomic mass is 9.82. The number of methoxy groups -OCH3 is 2. The minimum absolute atomic E-state index is 0.0128. The van der Waals surface area contributed by atoms with Crippen LogP contribution in [-0.4, -0.2) is 31.8 Å². The first-order valence-corrected chi connectivity index (χ1v) is 14.0. The van der Waals surface area contributed by atoms with E-state index >= 15 is 0 Å². The van der Waals surface area contributed by atoms with Crippen LogP contribution in [-0.2, 0) is 9.59 Å². The highest BCUT2D eigenvalue weighted by atomic mass is 35.5. The quantitative estimate of drug-likeness (QED) is 0.266. The first-order valence-electron chi connectivity index (χ1n) is 12.7. The molecule has 0 aliphatic carbocycles. The van der Waals surface area contributed by atoms with Crippen LogP contribution in [0.4, 0.5) is 11.4 Å². The predicted octanol–water partition coefficient (Wildman–Crippen LogP) is 6.37. The van der Waals surface area contributed by atoms with Crippen molar-refractivity contribution in [3.8, 4) is 17.6 Å². The van der Waals surface area contributed by atoms with E-state index in [1.54, 1.807) is 19.1 Å². The van der Waals surface area contributed by atoms with Crippen LogP contribution in [0.3, 0.4) is 0 Å². The molecule has 0 unspecified atom stereocenters. The van der Waals surface area contributed by atoms with E-state index in [0.29, 0.717) is 49.8 Å². The maximum absolute atomic E-state index is 13.6. The van der Waals surface area contributed by atoms with Gasteiger partial charge in [0.05, 0.1) is 53.3 Å². The van der Waals surface area contributed by atoms with Gasteiger partial charge < -0.3 is 25.4 Å². The third kappa shape index (κ3) is 6.68. The molecule has 4 rings (SSSR count). The van der Waals surface area contributed by atoms with Crippen molar-refractivity contribution in [2.45, 2.75) is 19.8 Å². The molecule has 1 aliphatic rings. The summed E-state index contributed by atoms with van der Waals surface area (Å²) in [7, 11) is 2.96. The van der Waals surface area contributed by atoms with Crippen molar-refractivity contribution < 1.29 is 19.1 Å². The van der Waals surface area contributed by atoms with Gasteiger partial charge in [-0.25, -0.2) is 0 Å². The van der Waals surface area contributed by atoms with Crippen LogP contribution in [0.5, 0.6) is 11.5 Å². The van der Waals surface area contributed by atoms with Crippen molar-refractivity contribution in [3.63, 3.8) is 0 Å². The van der Waals surface area contributed by atoms with E-state index in [9.17, 15) is 14.9 Å². The molecule has 0 aromatic heterocycles. The monoisotopic (exact) mass is 588 g/mol. The maximum atomic E-state index is 13.6. The van der Waals surface area contributed by atoms with Crippen molar-refractivity contribution in [2.75, 3.05) is 30.6 Å². The summed E-state index contributed by atoms with van der Waals surface area (Å²) in [5.74, 6) is -0.503. The van der Waals surface area contributed by atoms with Crippen LogP contribution in [0.25, 0.3) is 0 Å². The van der Waals surface area contributed by atoms with Gasteiger partial charge in [-0.05, 0) is 31.0 Å². The molecule has 3 aromatic rings. The largest absolute Gasteiger partial charge is 0.495 e. The fourth-order valence-corrected chi connectivity index (χ4v) is 5.61. The summed E-state index contributed by atoms with van der Waals surface area (Å²) in [5.41, 5.74) is 4.18. The number of hydrogen-bond donors (Lipinski definition) is 3. The number of para-hydroxylation sites is 1. The lowest BCUT2D eigenvalue weighted by Gasteiger charge is -2.30. The summed E-state index contributed by atoms with van der Waals surface area (Å²) >= 11 is 7.35. The number of carbonyl (C=O) groups excluding carboxylic acids is 2. The Morgan fingerprint density at radius 3 is 2.32 bits per heavy atom. The number of hydrogen-bond acceptors (Lipinski definition) is 7. The van der Waals surface area contributed by atoms with Gasteiger partial charge >= 0.3 is 0 Å². The molecule has 10 heteroatoms. The van der Waals surface area contributed by atoms with E-state index < -0.39 is 5.92 Å². The van der Waals surface area contributed by atoms with Crippen molar-refractivity contribution >= 4 is 46.6 Å². The number of ether oxygens (including phenoxy) is 2. The minimum Gasteiger partial charge on any atom is -0.495 e. The van der Waals surface area contributed by atoms with Crippen LogP contribution >= 0.6 is 23.4 Å². The Hall–Kier alpha value is -4.39. The molecule has 2 amide bonds. The highest BCUT2D eigenvalue weighted by Crippen LogP contribution is 2.41. The van der Waals surface area contributed by atoms with Crippen molar-refractivity contribution in [2.24, 2.45) is 0 Å². The summed E-state index contributed by atoms with van der Waals surface area (Å²) in [5, 5.41) is 20.2. The predicted molar refractivity (Wildman–Crippen MR) is 163 cm³/mol. The Labute approximate surface area is 248 Å². The van der Waals surface area contributed by atoms with Gasteiger partial charge in [0.1, 0.15) is 11.5 Å². The molecule has 0 fully saturated rings. The molecule has 0 radical (unpaired) electrons. The molecule has 1 atom stereocenters. The number of rotatable bonds is 9. The summed E-state index contributed by atoms with van der Waals surface area (Å²) in [4.78, 5) is 26.6. The van der Waals surface area contributed by atoms with Gasteiger partial charge in [-0.2, -0.15) is 5.26 Å². The second-order valence-corrected chi connectivity index (χ2v) is 10.5. The van der Waals surface area contributed by atoms with E-state index in [2.05, 4.69) is 22.0 Å². The van der Waals surface area contributed by atoms with Crippen molar-refractivity contribution in [1.82, 2.24) is 5.32 Å². The number of thioether (sulfide) groups is 1. The molecule has 0 saturated heterocycles. The fraction of sp³-hybridized carbons (Fsp3) is 0.194. The molecule has 3 aromatic carbocycles. The number of aryl methyl sites for hydroxylation is 1. The molecule has 41 heavy (non-hydrogen) atoms. The van der Waals surface area contributed by atoms with Gasteiger partial charge in [0, 0.05) is 29.1 Å². The summed E-state index contributed by atoms with van der Waals surface area (Å²) in [6.07, 6.45) is 0. The lowest BCUT2D eigenvalue weighted by Crippen LogP contribution is -2.31. The Balaban J connectivity index is 1.61. The Bertz CT molecular complexity index is 1580. The van der Waals surface area contributed by atoms with E-state index in [1.165, 1.54) is 26.0 Å². The second kappa shape index (κ2) is 13.3. The number of nitrogens with one attached hydrogen (secondary N) is 3. The van der Waals surface area contributed by atoms with E-state index in [-0.39, 0.29) is 17.6 Å². The van der Waals surface area contributed by atoms with Gasteiger partial charge in [-0.3, -0.25) is 9.59 Å². The number of nitrogens with zero attached hydrogens (tertiary/aromatic N) is 1. The first kappa shape index (κ1) is 29.6. The van der Waals surface area contributed by atoms with Crippen LogP contribution in [0, 0.1) is 18.3 Å². The van der Waals surface area contributed by atoms with Gasteiger partial charge in [0.2, 0.25) is 5.91 Å². The number of carbonyl (C=O) groups is 2. The van der Waals surface area contributed by atoms with Gasteiger partial charge in [-0.1, -0.05) is 71.9 Å². The smallest absolute Gasteiger partial charge is 0.254 e. The summed E-state index contributed by atoms with van der Waals surface area (Å²) in [6, 6.07) is 22.3. The molecular formula is C31H29ClN4O4S. The minimum atomic E-state index is -0.627. The average Bonchev–Trinajstić information content (AvgIpc) is 2.97. The van der Waals surface area contributed by atoms with E-state index in [0.717, 1.165) is 11.1 Å². The summed E-state index contributed by atoms with van der Waals surface area (Å²) in [6.45, 7) is 3.71. The molecule has 1 heterocycles. The highest BCUT2D eigenvalue weighted by Gasteiger charge is 2.35. The molecule has 210 valence electrons. The number of nitriles is 1. The third-order valence-electron chi connectivity index (χ3n) is 6.51. The molecule has 0 bridgehead atoms. The van der Waals surface area contributed by atoms with Crippen molar-refractivity contribution in [3.05, 3.63) is 105 Å². The van der Waals surface area contributed by atoms with E-state index in [1.807, 2.05) is 61.5 Å². The number of amides is 2. The van der Waals surface area contributed by atoms with Gasteiger partial charge in [0.15, 0.2) is 0 Å². The van der Waals surface area contributed by atoms with Crippen LogP contribution < -0.4 is 25.4 Å². The lowest BCUT2D eigenvalue weighted by molar-refractivity contribution is -0.114. The van der Waals surface area contributed by atoms with Crippen LogP contribution in [0.15, 0.2) is 88.6 Å². The Morgan fingerprint density at radius 2 is 1.66 bits per heavy atom. The topological polar surface area (TPSA) is 112 Å². The zero-order valence-electron chi connectivity index (χ0n) is 23.0. The normalized spacial score (nSPS) is 14.6. The van der Waals surface area contributed by atoms with Crippen LogP contribution in [0.2, 0.25) is 5.02 Å². The zero-order valence-corrected chi connectivity index (χ0v) is 24.6. The molecule has 8 nitrogen and oxygen atoms in total. The SMILES string of the molecule is COc1cc(NC(=O)CSC2=C(C#N)[C@H](c3ccccc3)C(C(=O)Nc3ccccc3C)=C(C)N2)c(OC)cc1Cl. The molecular weight excluding hydrogens is 560 g/mol. The number of anilines is 2. The second-order valence-electron chi connectivity index (χ2n) is 9.15. The fourth-order valence-electron chi connectivity index (χ4n) is 4.49. The standard InChI is InChI=1S/C31H29ClN4O4S/c1-18-10-8-9-13-23(18)36-30(38)28-19(2)34-31(21(16-33)29(28)20-11-6-5-7-12-20)41-17-27(37)35-24-15-25(39-3)22(32)14-26(24)40-4/h5-15,29,34H,17H2,1-4H3,(H,35,37)(H,36,38)/t29-/m0/s1. The third-order valence-corrected chi connectivity index (χ3v) is 7.83. The average molecular weight is 589 g/mol. The van der Waals surface area contributed by atoms with E-state index in [4.69, 9.17) is 21.1 Å². The number of benzene rings is 3. The number of allylic oxidation sites excluding steroid dienone is 2. The van der Waals surface area contributed by atoms with Crippen molar-refractivity contribution in [1.29, 1.82) is 5.26 Å². The van der Waals surface area contributed by atoms with Crippen LogP contribution in [0.1, 0.15) is 24.0 Å². The maximum Gasteiger partial charge on any atom is 0.254 e. The number of halogens is 1. The Kier molecular flexibility index (Phi) is 9.61. The zero-order chi connectivity index (χ0) is 29.5. The highest BCUT2D eigenvalue weighted by molar-refractivity contribution is 8.03. The number of dihydropyridines is 1.